The summed E-state index contributed by atoms with van der Waals surface area (Å²) in [4.78, 5) is 10.3. The summed E-state index contributed by atoms with van der Waals surface area (Å²) in [5, 5.41) is 13.6. The van der Waals surface area contributed by atoms with Gasteiger partial charge in [0, 0.05) is 12.6 Å². The van der Waals surface area contributed by atoms with Gasteiger partial charge in [-0.15, -0.1) is 0 Å². The van der Waals surface area contributed by atoms with Gasteiger partial charge < -0.3 is 10.1 Å². The largest absolute Gasteiger partial charge is 0.377 e. The van der Waals surface area contributed by atoms with E-state index in [-0.39, 0.29) is 18.8 Å². The van der Waals surface area contributed by atoms with Crippen LogP contribution in [0.1, 0.15) is 5.56 Å². The molecule has 1 aromatic rings. The number of rotatable bonds is 7. The van der Waals surface area contributed by atoms with Crippen molar-refractivity contribution in [3.05, 3.63) is 33.9 Å². The van der Waals surface area contributed by atoms with Gasteiger partial charge in [0.05, 0.1) is 11.5 Å². The van der Waals surface area contributed by atoms with Gasteiger partial charge in [-0.1, -0.05) is 12.1 Å². The van der Waals surface area contributed by atoms with Crippen LogP contribution in [-0.4, -0.2) is 31.1 Å². The van der Waals surface area contributed by atoms with Crippen LogP contribution < -0.4 is 5.32 Å². The van der Waals surface area contributed by atoms with Gasteiger partial charge >= 0.3 is 0 Å². The number of nitro benzene ring substituents is 1. The van der Waals surface area contributed by atoms with E-state index in [1.165, 1.54) is 6.07 Å². The van der Waals surface area contributed by atoms with Crippen molar-refractivity contribution in [2.45, 2.75) is 13.3 Å². The molecule has 0 bridgehead atoms. The number of alkyl halides is 2. The van der Waals surface area contributed by atoms with Crippen LogP contribution in [-0.2, 0) is 4.74 Å². The number of nitrogens with zero attached hydrogens (tertiary/aromatic N) is 1. The van der Waals surface area contributed by atoms with Crippen LogP contribution in [0.3, 0.4) is 0 Å². The number of nitrogens with one attached hydrogen (secondary N) is 1. The maximum atomic E-state index is 11.8. The van der Waals surface area contributed by atoms with Gasteiger partial charge in [-0.2, -0.15) is 0 Å². The molecular weight excluding hydrogens is 246 g/mol. The molecular formula is C11H14F2N2O3. The number of aryl methyl sites for hydroxylation is 1. The zero-order chi connectivity index (χ0) is 13.5. The first kappa shape index (κ1) is 14.3. The Balaban J connectivity index is 2.53. The second kappa shape index (κ2) is 6.85. The average molecular weight is 260 g/mol. The van der Waals surface area contributed by atoms with Crippen LogP contribution in [0, 0.1) is 17.0 Å². The predicted octanol–water partition coefficient (Wildman–Crippen LogP) is 2.60. The highest BCUT2D eigenvalue weighted by Gasteiger charge is 2.14. The molecule has 100 valence electrons. The Morgan fingerprint density at radius 3 is 2.83 bits per heavy atom. The Labute approximate surface area is 103 Å². The van der Waals surface area contributed by atoms with E-state index in [2.05, 4.69) is 10.1 Å². The molecule has 0 atom stereocenters. The van der Waals surface area contributed by atoms with E-state index in [4.69, 9.17) is 0 Å². The molecule has 0 aliphatic carbocycles. The van der Waals surface area contributed by atoms with Crippen LogP contribution in [0.25, 0.3) is 0 Å². The van der Waals surface area contributed by atoms with E-state index < -0.39 is 18.0 Å². The number of benzene rings is 1. The Morgan fingerprint density at radius 2 is 2.22 bits per heavy atom. The summed E-state index contributed by atoms with van der Waals surface area (Å²) in [5.74, 6) is 0. The second-order valence-corrected chi connectivity index (χ2v) is 3.62. The summed E-state index contributed by atoms with van der Waals surface area (Å²) in [6, 6.07) is 4.70. The van der Waals surface area contributed by atoms with Crippen molar-refractivity contribution in [3.8, 4) is 0 Å². The van der Waals surface area contributed by atoms with E-state index >= 15 is 0 Å². The molecule has 0 aliphatic rings. The first-order valence-corrected chi connectivity index (χ1v) is 5.36. The topological polar surface area (TPSA) is 64.4 Å². The molecule has 0 aromatic heterocycles. The number of hydrogen-bond acceptors (Lipinski definition) is 4. The summed E-state index contributed by atoms with van der Waals surface area (Å²) in [6.45, 7) is 1.40. The fourth-order valence-corrected chi connectivity index (χ4v) is 1.46. The SMILES string of the molecule is Cc1cccc([N+](=O)[O-])c1NCCOCC(F)F. The standard InChI is InChI=1S/C11H14F2N2O3/c1-8-3-2-4-9(15(16)17)11(8)14-5-6-18-7-10(12)13/h2-4,10,14H,5-7H2,1H3. The molecule has 1 N–H and O–H groups in total. The fourth-order valence-electron chi connectivity index (χ4n) is 1.46. The van der Waals surface area contributed by atoms with Gasteiger partial charge in [0.15, 0.2) is 0 Å². The molecule has 7 heteroatoms. The van der Waals surface area contributed by atoms with E-state index in [1.54, 1.807) is 19.1 Å². The third-order valence-corrected chi connectivity index (χ3v) is 2.24. The Kier molecular flexibility index (Phi) is 5.44. The normalized spacial score (nSPS) is 10.7. The number of hydrogen-bond donors (Lipinski definition) is 1. The number of halogens is 2. The lowest BCUT2D eigenvalue weighted by atomic mass is 10.1. The molecule has 0 aliphatic heterocycles. The number of anilines is 1. The molecule has 1 aromatic carbocycles. The fraction of sp³-hybridized carbons (Fsp3) is 0.455. The minimum atomic E-state index is -2.50. The number of ether oxygens (including phenoxy) is 1. The third kappa shape index (κ3) is 4.25. The molecule has 0 amide bonds. The number of para-hydroxylation sites is 1. The molecule has 0 saturated heterocycles. The van der Waals surface area contributed by atoms with E-state index in [9.17, 15) is 18.9 Å². The zero-order valence-electron chi connectivity index (χ0n) is 9.86. The summed E-state index contributed by atoms with van der Waals surface area (Å²) in [7, 11) is 0. The van der Waals surface area contributed by atoms with Crippen molar-refractivity contribution in [2.75, 3.05) is 25.1 Å². The van der Waals surface area contributed by atoms with Crippen LogP contribution in [0.15, 0.2) is 18.2 Å². The molecule has 0 heterocycles. The monoisotopic (exact) mass is 260 g/mol. The summed E-state index contributed by atoms with van der Waals surface area (Å²) >= 11 is 0. The van der Waals surface area contributed by atoms with Crippen molar-refractivity contribution in [2.24, 2.45) is 0 Å². The van der Waals surface area contributed by atoms with Gasteiger partial charge in [0.2, 0.25) is 0 Å². The van der Waals surface area contributed by atoms with E-state index in [0.717, 1.165) is 5.56 Å². The second-order valence-electron chi connectivity index (χ2n) is 3.62. The van der Waals surface area contributed by atoms with Crippen LogP contribution in [0.4, 0.5) is 20.2 Å². The van der Waals surface area contributed by atoms with Crippen molar-refractivity contribution >= 4 is 11.4 Å². The average Bonchev–Trinajstić information content (AvgIpc) is 2.29. The molecule has 0 fully saturated rings. The molecule has 0 saturated carbocycles. The van der Waals surface area contributed by atoms with Crippen molar-refractivity contribution in [3.63, 3.8) is 0 Å². The first-order chi connectivity index (χ1) is 8.52. The minimum Gasteiger partial charge on any atom is -0.377 e. The van der Waals surface area contributed by atoms with Gasteiger partial charge in [-0.05, 0) is 12.5 Å². The quantitative estimate of drug-likeness (QED) is 0.465. The molecule has 0 spiro atoms. The molecule has 1 rings (SSSR count). The maximum Gasteiger partial charge on any atom is 0.292 e. The third-order valence-electron chi connectivity index (χ3n) is 2.24. The molecule has 5 nitrogen and oxygen atoms in total. The van der Waals surface area contributed by atoms with Gasteiger partial charge in [-0.25, -0.2) is 8.78 Å². The van der Waals surface area contributed by atoms with Crippen molar-refractivity contribution in [1.29, 1.82) is 0 Å². The van der Waals surface area contributed by atoms with Gasteiger partial charge in [-0.3, -0.25) is 10.1 Å². The van der Waals surface area contributed by atoms with Gasteiger partial charge in [0.25, 0.3) is 12.1 Å². The lowest BCUT2D eigenvalue weighted by Crippen LogP contribution is -2.14. The number of nitro groups is 1. The molecule has 0 radical (unpaired) electrons. The summed E-state index contributed by atoms with van der Waals surface area (Å²) in [6.07, 6.45) is -2.50. The lowest BCUT2D eigenvalue weighted by Gasteiger charge is -2.10. The Bertz CT molecular complexity index is 413. The first-order valence-electron chi connectivity index (χ1n) is 5.36. The minimum absolute atomic E-state index is 0.0381. The summed E-state index contributed by atoms with van der Waals surface area (Å²) < 4.78 is 28.2. The highest BCUT2D eigenvalue weighted by Crippen LogP contribution is 2.27. The highest BCUT2D eigenvalue weighted by atomic mass is 19.3. The smallest absolute Gasteiger partial charge is 0.292 e. The van der Waals surface area contributed by atoms with Crippen LogP contribution >= 0.6 is 0 Å². The predicted molar refractivity (Wildman–Crippen MR) is 63.1 cm³/mol. The molecule has 18 heavy (non-hydrogen) atoms. The van der Waals surface area contributed by atoms with E-state index in [1.807, 2.05) is 0 Å². The highest BCUT2D eigenvalue weighted by molar-refractivity contribution is 5.65. The molecule has 0 unspecified atom stereocenters. The van der Waals surface area contributed by atoms with Crippen molar-refractivity contribution < 1.29 is 18.4 Å². The van der Waals surface area contributed by atoms with Crippen LogP contribution in [0.5, 0.6) is 0 Å². The van der Waals surface area contributed by atoms with Gasteiger partial charge in [0.1, 0.15) is 12.3 Å². The lowest BCUT2D eigenvalue weighted by molar-refractivity contribution is -0.384. The summed E-state index contributed by atoms with van der Waals surface area (Å²) in [5.41, 5.74) is 1.07. The Hall–Kier alpha value is -1.76. The van der Waals surface area contributed by atoms with Crippen molar-refractivity contribution in [1.82, 2.24) is 0 Å². The zero-order valence-corrected chi connectivity index (χ0v) is 9.86. The maximum absolute atomic E-state index is 11.8. The Morgan fingerprint density at radius 1 is 1.50 bits per heavy atom. The van der Waals surface area contributed by atoms with Crippen LogP contribution in [0.2, 0.25) is 0 Å². The van der Waals surface area contributed by atoms with E-state index in [0.29, 0.717) is 5.69 Å².